The van der Waals surface area contributed by atoms with Crippen LogP contribution in [-0.2, 0) is 11.0 Å². The Bertz CT molecular complexity index is 845. The molecule has 0 aliphatic carbocycles. The first-order chi connectivity index (χ1) is 11.8. The summed E-state index contributed by atoms with van der Waals surface area (Å²) in [6.45, 7) is -0.708. The quantitative estimate of drug-likeness (QED) is 0.863. The van der Waals surface area contributed by atoms with Crippen molar-refractivity contribution in [3.8, 4) is 0 Å². The Morgan fingerprint density at radius 3 is 2.48 bits per heavy atom. The first-order valence-electron chi connectivity index (χ1n) is 7.06. The highest BCUT2D eigenvalue weighted by Crippen LogP contribution is 2.34. The van der Waals surface area contributed by atoms with Gasteiger partial charge in [-0.05, 0) is 24.3 Å². The van der Waals surface area contributed by atoms with Crippen molar-refractivity contribution in [2.45, 2.75) is 6.18 Å². The number of amides is 3. The normalized spacial score (nSPS) is 13.8. The molecule has 3 rings (SSSR count). The highest BCUT2D eigenvalue weighted by molar-refractivity contribution is 6.21. The number of aromatic nitrogens is 1. The second kappa shape index (κ2) is 6.00. The van der Waals surface area contributed by atoms with Gasteiger partial charge in [0.25, 0.3) is 11.8 Å². The summed E-state index contributed by atoms with van der Waals surface area (Å²) in [5.74, 6) is -2.40. The molecule has 1 aliphatic rings. The molecule has 6 nitrogen and oxygen atoms in total. The molecule has 0 radical (unpaired) electrons. The summed E-state index contributed by atoms with van der Waals surface area (Å²) in [6.07, 6.45) is -3.32. The third-order valence-electron chi connectivity index (χ3n) is 3.54. The molecular formula is C16H10F3N3O3. The van der Waals surface area contributed by atoms with E-state index in [2.05, 4.69) is 10.3 Å². The molecule has 0 unspecified atom stereocenters. The lowest BCUT2D eigenvalue weighted by molar-refractivity contribution is -0.137. The van der Waals surface area contributed by atoms with Gasteiger partial charge in [0.15, 0.2) is 0 Å². The van der Waals surface area contributed by atoms with Gasteiger partial charge in [0.2, 0.25) is 5.91 Å². The van der Waals surface area contributed by atoms with Gasteiger partial charge in [0, 0.05) is 6.20 Å². The lowest BCUT2D eigenvalue weighted by Gasteiger charge is -2.16. The molecule has 3 amide bonds. The van der Waals surface area contributed by atoms with Crippen LogP contribution in [0.25, 0.3) is 0 Å². The number of nitrogens with one attached hydrogen (secondary N) is 1. The Morgan fingerprint density at radius 1 is 1.08 bits per heavy atom. The van der Waals surface area contributed by atoms with Crippen molar-refractivity contribution in [2.24, 2.45) is 0 Å². The zero-order chi connectivity index (χ0) is 18.2. The zero-order valence-corrected chi connectivity index (χ0v) is 12.5. The Balaban J connectivity index is 1.77. The summed E-state index contributed by atoms with van der Waals surface area (Å²) >= 11 is 0. The molecule has 0 bridgehead atoms. The van der Waals surface area contributed by atoms with Gasteiger partial charge in [-0.1, -0.05) is 12.1 Å². The van der Waals surface area contributed by atoms with E-state index < -0.39 is 41.7 Å². The Labute approximate surface area is 139 Å². The third-order valence-corrected chi connectivity index (χ3v) is 3.54. The predicted molar refractivity (Wildman–Crippen MR) is 79.7 cm³/mol. The molecule has 1 aromatic heterocycles. The number of imide groups is 1. The summed E-state index contributed by atoms with van der Waals surface area (Å²) in [5.41, 5.74) is -1.51. The van der Waals surface area contributed by atoms with E-state index in [0.717, 1.165) is 12.1 Å². The Kier molecular flexibility index (Phi) is 3.99. The standard InChI is InChI=1S/C16H10F3N3O3/c17-16(18,19)10-5-1-2-6-11(10)21-12(23)8-22-14(24)9-4-3-7-20-13(9)15(22)25/h1-7H,8H2,(H,21,23). The van der Waals surface area contributed by atoms with E-state index in [1.54, 1.807) is 0 Å². The summed E-state index contributed by atoms with van der Waals surface area (Å²) in [4.78, 5) is 40.7. The van der Waals surface area contributed by atoms with Gasteiger partial charge in [-0.25, -0.2) is 0 Å². The molecule has 2 aromatic rings. The number of nitrogens with zero attached hydrogens (tertiary/aromatic N) is 2. The lowest BCUT2D eigenvalue weighted by atomic mass is 10.1. The van der Waals surface area contributed by atoms with E-state index >= 15 is 0 Å². The molecule has 1 aromatic carbocycles. The maximum absolute atomic E-state index is 12.9. The number of pyridine rings is 1. The van der Waals surface area contributed by atoms with Crippen LogP contribution in [0.4, 0.5) is 18.9 Å². The number of rotatable bonds is 3. The van der Waals surface area contributed by atoms with Crippen LogP contribution < -0.4 is 5.32 Å². The maximum Gasteiger partial charge on any atom is 0.418 e. The van der Waals surface area contributed by atoms with Crippen molar-refractivity contribution >= 4 is 23.4 Å². The molecule has 1 aliphatic heterocycles. The molecule has 0 fully saturated rings. The van der Waals surface area contributed by atoms with Crippen LogP contribution in [0.15, 0.2) is 42.6 Å². The topological polar surface area (TPSA) is 79.4 Å². The number of halogens is 3. The summed E-state index contributed by atoms with van der Waals surface area (Å²) in [5, 5.41) is 2.09. The molecule has 0 spiro atoms. The monoisotopic (exact) mass is 349 g/mol. The van der Waals surface area contributed by atoms with E-state index in [1.165, 1.54) is 30.5 Å². The fraction of sp³-hybridized carbons (Fsp3) is 0.125. The van der Waals surface area contributed by atoms with Gasteiger partial charge in [0.1, 0.15) is 12.2 Å². The van der Waals surface area contributed by atoms with Crippen LogP contribution in [0.1, 0.15) is 26.4 Å². The summed E-state index contributed by atoms with van der Waals surface area (Å²) in [7, 11) is 0. The third kappa shape index (κ3) is 3.08. The van der Waals surface area contributed by atoms with Crippen LogP contribution in [-0.4, -0.2) is 34.2 Å². The Morgan fingerprint density at radius 2 is 1.80 bits per heavy atom. The number of hydrogen-bond acceptors (Lipinski definition) is 4. The van der Waals surface area contributed by atoms with Crippen LogP contribution >= 0.6 is 0 Å². The van der Waals surface area contributed by atoms with Gasteiger partial charge in [-0.3, -0.25) is 24.3 Å². The molecule has 0 atom stereocenters. The number of carbonyl (C=O) groups is 3. The second-order valence-corrected chi connectivity index (χ2v) is 5.19. The van der Waals surface area contributed by atoms with Crippen LogP contribution in [0, 0.1) is 0 Å². The predicted octanol–water partition coefficient (Wildman–Crippen LogP) is 2.34. The minimum atomic E-state index is -4.65. The van der Waals surface area contributed by atoms with Crippen molar-refractivity contribution in [3.63, 3.8) is 0 Å². The molecule has 0 saturated heterocycles. The summed E-state index contributed by atoms with van der Waals surface area (Å²) < 4.78 is 38.8. The van der Waals surface area contributed by atoms with E-state index in [9.17, 15) is 27.6 Å². The van der Waals surface area contributed by atoms with Gasteiger partial charge in [0.05, 0.1) is 16.8 Å². The first kappa shape index (κ1) is 16.6. The van der Waals surface area contributed by atoms with E-state index in [0.29, 0.717) is 4.90 Å². The summed E-state index contributed by atoms with van der Waals surface area (Å²) in [6, 6.07) is 7.28. The molecule has 25 heavy (non-hydrogen) atoms. The van der Waals surface area contributed by atoms with Crippen molar-refractivity contribution < 1.29 is 27.6 Å². The fourth-order valence-electron chi connectivity index (χ4n) is 2.43. The number of fused-ring (bicyclic) bond motifs is 1. The van der Waals surface area contributed by atoms with E-state index in [-0.39, 0.29) is 11.3 Å². The average Bonchev–Trinajstić information content (AvgIpc) is 2.80. The molecule has 0 saturated carbocycles. The zero-order valence-electron chi connectivity index (χ0n) is 12.5. The number of carbonyl (C=O) groups excluding carboxylic acids is 3. The molecule has 1 N–H and O–H groups in total. The van der Waals surface area contributed by atoms with Crippen LogP contribution in [0.3, 0.4) is 0 Å². The van der Waals surface area contributed by atoms with Crippen molar-refractivity contribution in [1.29, 1.82) is 0 Å². The fourth-order valence-corrected chi connectivity index (χ4v) is 2.43. The first-order valence-corrected chi connectivity index (χ1v) is 7.06. The van der Waals surface area contributed by atoms with Crippen molar-refractivity contribution in [1.82, 2.24) is 9.88 Å². The molecule has 128 valence electrons. The Hall–Kier alpha value is -3.23. The number of anilines is 1. The van der Waals surface area contributed by atoms with Gasteiger partial charge >= 0.3 is 6.18 Å². The minimum absolute atomic E-state index is 0.0518. The maximum atomic E-state index is 12.9. The van der Waals surface area contributed by atoms with Gasteiger partial charge < -0.3 is 5.32 Å². The number of benzene rings is 1. The van der Waals surface area contributed by atoms with Crippen molar-refractivity contribution in [3.05, 3.63) is 59.4 Å². The molecular weight excluding hydrogens is 339 g/mol. The minimum Gasteiger partial charge on any atom is -0.324 e. The van der Waals surface area contributed by atoms with Crippen LogP contribution in [0.5, 0.6) is 0 Å². The molecule has 9 heteroatoms. The lowest BCUT2D eigenvalue weighted by Crippen LogP contribution is -2.37. The smallest absolute Gasteiger partial charge is 0.324 e. The number of hydrogen-bond donors (Lipinski definition) is 1. The van der Waals surface area contributed by atoms with Gasteiger partial charge in [-0.2, -0.15) is 13.2 Å². The van der Waals surface area contributed by atoms with Gasteiger partial charge in [-0.15, -0.1) is 0 Å². The van der Waals surface area contributed by atoms with E-state index in [4.69, 9.17) is 0 Å². The second-order valence-electron chi connectivity index (χ2n) is 5.19. The number of para-hydroxylation sites is 1. The highest BCUT2D eigenvalue weighted by atomic mass is 19.4. The molecule has 2 heterocycles. The number of alkyl halides is 3. The van der Waals surface area contributed by atoms with E-state index in [1.807, 2.05) is 0 Å². The SMILES string of the molecule is O=C(CN1C(=O)c2cccnc2C1=O)Nc1ccccc1C(F)(F)F. The average molecular weight is 349 g/mol. The van der Waals surface area contributed by atoms with Crippen LogP contribution in [0.2, 0.25) is 0 Å². The van der Waals surface area contributed by atoms with Crippen molar-refractivity contribution in [2.75, 3.05) is 11.9 Å². The largest absolute Gasteiger partial charge is 0.418 e. The highest BCUT2D eigenvalue weighted by Gasteiger charge is 2.38.